The number of nitrogens with one attached hydrogen (secondary N) is 1. The summed E-state index contributed by atoms with van der Waals surface area (Å²) in [7, 11) is -4.55. The molecule has 9 nitrogen and oxygen atoms in total. The van der Waals surface area contributed by atoms with Crippen LogP contribution in [0.1, 0.15) is 0 Å². The smallest absolute Gasteiger partial charge is 0.243 e. The molecule has 0 atom stereocenters. The molecule has 1 aromatic carbocycles. The van der Waals surface area contributed by atoms with Crippen molar-refractivity contribution in [2.45, 2.75) is 9.79 Å². The lowest BCUT2D eigenvalue weighted by Crippen LogP contribution is -2.40. The number of amides is 1. The van der Waals surface area contributed by atoms with Crippen molar-refractivity contribution in [1.82, 2.24) is 13.9 Å². The van der Waals surface area contributed by atoms with E-state index in [1.165, 1.54) is 47.6 Å². The van der Waals surface area contributed by atoms with Crippen LogP contribution in [0, 0.1) is 0 Å². The van der Waals surface area contributed by atoms with Crippen LogP contribution in [0.25, 0.3) is 0 Å². The van der Waals surface area contributed by atoms with Crippen molar-refractivity contribution in [2.24, 2.45) is 0 Å². The fourth-order valence-corrected chi connectivity index (χ4v) is 4.51. The minimum atomic E-state index is -3.90. The van der Waals surface area contributed by atoms with E-state index in [0.29, 0.717) is 13.2 Å². The predicted octanol–water partition coefficient (Wildman–Crippen LogP) is -0.926. The first-order valence-corrected chi connectivity index (χ1v) is 10.4. The number of morpholine rings is 1. The molecule has 0 unspecified atom stereocenters. The predicted molar refractivity (Wildman–Crippen MR) is 89.9 cm³/mol. The van der Waals surface area contributed by atoms with E-state index in [-0.39, 0.29) is 29.4 Å². The molecule has 0 spiro atoms. The van der Waals surface area contributed by atoms with Crippen molar-refractivity contribution in [3.8, 4) is 0 Å². The van der Waals surface area contributed by atoms with E-state index in [1.807, 2.05) is 0 Å². The molecule has 1 saturated heterocycles. The number of sulfonamides is 2. The largest absolute Gasteiger partial charge is 0.379 e. The summed E-state index contributed by atoms with van der Waals surface area (Å²) in [5.41, 5.74) is 0. The van der Waals surface area contributed by atoms with E-state index >= 15 is 0 Å². The molecule has 1 amide bonds. The zero-order chi connectivity index (χ0) is 18.7. The lowest BCUT2D eigenvalue weighted by atomic mass is 10.4. The molecule has 1 aliphatic rings. The van der Waals surface area contributed by atoms with Crippen molar-refractivity contribution in [1.29, 1.82) is 0 Å². The Bertz CT molecular complexity index is 813. The van der Waals surface area contributed by atoms with Gasteiger partial charge < -0.3 is 9.64 Å². The monoisotopic (exact) mass is 391 g/mol. The van der Waals surface area contributed by atoms with Gasteiger partial charge in [-0.1, -0.05) is 0 Å². The van der Waals surface area contributed by atoms with E-state index in [4.69, 9.17) is 4.74 Å². The van der Waals surface area contributed by atoms with E-state index < -0.39 is 26.0 Å². The van der Waals surface area contributed by atoms with Gasteiger partial charge in [0.05, 0.1) is 29.5 Å². The van der Waals surface area contributed by atoms with Crippen LogP contribution in [0.3, 0.4) is 0 Å². The molecule has 1 fully saturated rings. The fraction of sp³-hybridized carbons (Fsp3) is 0.500. The van der Waals surface area contributed by atoms with Gasteiger partial charge in [-0.3, -0.25) is 4.79 Å². The third-order valence-electron chi connectivity index (χ3n) is 3.65. The van der Waals surface area contributed by atoms with E-state index in [0.717, 1.165) is 0 Å². The molecule has 11 heteroatoms. The second-order valence-corrected chi connectivity index (χ2v) is 9.31. The van der Waals surface area contributed by atoms with Crippen LogP contribution in [0.15, 0.2) is 34.1 Å². The Labute approximate surface area is 147 Å². The summed E-state index contributed by atoms with van der Waals surface area (Å²) in [6.45, 7) is 0.807. The summed E-state index contributed by atoms with van der Waals surface area (Å²) in [6.07, 6.45) is 0. The second kappa shape index (κ2) is 7.79. The third-order valence-corrected chi connectivity index (χ3v) is 6.98. The molecule has 0 bridgehead atoms. The first-order chi connectivity index (χ1) is 11.6. The van der Waals surface area contributed by atoms with Crippen molar-refractivity contribution >= 4 is 26.0 Å². The third kappa shape index (κ3) is 4.76. The van der Waals surface area contributed by atoms with Crippen molar-refractivity contribution in [3.63, 3.8) is 0 Å². The van der Waals surface area contributed by atoms with E-state index in [1.54, 1.807) is 0 Å². The summed E-state index contributed by atoms with van der Waals surface area (Å²) in [4.78, 5) is 12.7. The summed E-state index contributed by atoms with van der Waals surface area (Å²) >= 11 is 0. The number of hydrogen-bond donors (Lipinski definition) is 1. The Morgan fingerprint density at radius 3 is 2.12 bits per heavy atom. The maximum absolute atomic E-state index is 12.5. The normalized spacial score (nSPS) is 16.6. The van der Waals surface area contributed by atoms with Crippen LogP contribution in [0.2, 0.25) is 0 Å². The maximum atomic E-state index is 12.5. The number of ether oxygens (including phenoxy) is 1. The van der Waals surface area contributed by atoms with Gasteiger partial charge in [0.15, 0.2) is 0 Å². The minimum absolute atomic E-state index is 0.0118. The van der Waals surface area contributed by atoms with Crippen LogP contribution < -0.4 is 4.72 Å². The van der Waals surface area contributed by atoms with Crippen molar-refractivity contribution in [2.75, 3.05) is 46.9 Å². The molecule has 140 valence electrons. The van der Waals surface area contributed by atoms with E-state index in [9.17, 15) is 21.6 Å². The Hall–Kier alpha value is -1.53. The maximum Gasteiger partial charge on any atom is 0.243 e. The average Bonchev–Trinajstić information content (AvgIpc) is 2.60. The zero-order valence-electron chi connectivity index (χ0n) is 14.0. The number of nitrogens with zero attached hydrogens (tertiary/aromatic N) is 2. The highest BCUT2D eigenvalue weighted by molar-refractivity contribution is 7.89. The van der Waals surface area contributed by atoms with Crippen LogP contribution in [-0.4, -0.2) is 78.9 Å². The number of likely N-dealkylation sites (N-methyl/N-ethyl adjacent to an activating group) is 1. The number of benzene rings is 1. The molecule has 0 aliphatic carbocycles. The highest BCUT2D eigenvalue weighted by Crippen LogP contribution is 2.19. The highest BCUT2D eigenvalue weighted by Gasteiger charge is 2.26. The minimum Gasteiger partial charge on any atom is -0.379 e. The van der Waals surface area contributed by atoms with Crippen LogP contribution in [0.5, 0.6) is 0 Å². The lowest BCUT2D eigenvalue weighted by molar-refractivity contribution is -0.127. The molecule has 0 radical (unpaired) electrons. The average molecular weight is 391 g/mol. The molecular weight excluding hydrogens is 370 g/mol. The molecule has 1 heterocycles. The quantitative estimate of drug-likeness (QED) is 0.671. The van der Waals surface area contributed by atoms with Gasteiger partial charge in [-0.15, -0.1) is 0 Å². The van der Waals surface area contributed by atoms with Gasteiger partial charge in [0.2, 0.25) is 26.0 Å². The van der Waals surface area contributed by atoms with Crippen LogP contribution in [0.4, 0.5) is 0 Å². The molecule has 25 heavy (non-hydrogen) atoms. The zero-order valence-corrected chi connectivity index (χ0v) is 15.6. The number of carbonyl (C=O) groups excluding carboxylic acids is 1. The molecule has 1 aromatic rings. The Kier molecular flexibility index (Phi) is 6.16. The number of rotatable bonds is 6. The number of carbonyl (C=O) groups is 1. The summed E-state index contributed by atoms with van der Waals surface area (Å²) < 4.78 is 57.9. The molecule has 1 N–H and O–H groups in total. The highest BCUT2D eigenvalue weighted by atomic mass is 32.2. The molecule has 0 aromatic heterocycles. The van der Waals surface area contributed by atoms with Crippen molar-refractivity contribution in [3.05, 3.63) is 24.3 Å². The summed E-state index contributed by atoms with van der Waals surface area (Å²) in [5.74, 6) is -0.393. The standard InChI is InChI=1S/C14H21N3O6S2/c1-16(2)14(18)11-15-24(19,20)12-3-5-13(6-4-12)25(21,22)17-7-9-23-10-8-17/h3-6,15H,7-11H2,1-2H3. The fourth-order valence-electron chi connectivity index (χ4n) is 2.12. The van der Waals surface area contributed by atoms with Crippen molar-refractivity contribution < 1.29 is 26.4 Å². The Morgan fingerprint density at radius 1 is 1.08 bits per heavy atom. The van der Waals surface area contributed by atoms with Gasteiger partial charge in [0, 0.05) is 27.2 Å². The first-order valence-electron chi connectivity index (χ1n) is 7.52. The van der Waals surface area contributed by atoms with Gasteiger partial charge in [0.1, 0.15) is 0 Å². The second-order valence-electron chi connectivity index (χ2n) is 5.60. The molecule has 2 rings (SSSR count). The SMILES string of the molecule is CN(C)C(=O)CNS(=O)(=O)c1ccc(S(=O)(=O)N2CCOCC2)cc1. The van der Waals surface area contributed by atoms with Gasteiger partial charge in [0.25, 0.3) is 0 Å². The Balaban J connectivity index is 2.14. The summed E-state index contributed by atoms with van der Waals surface area (Å²) in [6, 6.07) is 4.89. The molecule has 1 aliphatic heterocycles. The Morgan fingerprint density at radius 2 is 1.60 bits per heavy atom. The first kappa shape index (κ1) is 19.8. The van der Waals surface area contributed by atoms with Gasteiger partial charge in [-0.2, -0.15) is 4.31 Å². The summed E-state index contributed by atoms with van der Waals surface area (Å²) in [5, 5.41) is 0. The topological polar surface area (TPSA) is 113 Å². The van der Waals surface area contributed by atoms with Gasteiger partial charge >= 0.3 is 0 Å². The number of hydrogen-bond acceptors (Lipinski definition) is 6. The van der Waals surface area contributed by atoms with Gasteiger partial charge in [-0.25, -0.2) is 21.6 Å². The van der Waals surface area contributed by atoms with Gasteiger partial charge in [-0.05, 0) is 24.3 Å². The molecule has 0 saturated carbocycles. The lowest BCUT2D eigenvalue weighted by Gasteiger charge is -2.26. The van der Waals surface area contributed by atoms with E-state index in [2.05, 4.69) is 4.72 Å². The van der Waals surface area contributed by atoms with Crippen LogP contribution in [-0.2, 0) is 29.6 Å². The molecular formula is C14H21N3O6S2. The van der Waals surface area contributed by atoms with Crippen LogP contribution >= 0.6 is 0 Å².